The quantitative estimate of drug-likeness (QED) is 0.772. The Morgan fingerprint density at radius 3 is 2.63 bits per heavy atom. The summed E-state index contributed by atoms with van der Waals surface area (Å²) < 4.78 is 5.71. The van der Waals surface area contributed by atoms with E-state index in [4.69, 9.17) is 4.42 Å². The summed E-state index contributed by atoms with van der Waals surface area (Å²) in [6.07, 6.45) is 3.27. The van der Waals surface area contributed by atoms with Crippen LogP contribution in [-0.4, -0.2) is 11.7 Å². The molecule has 104 valence electrons. The van der Waals surface area contributed by atoms with Crippen molar-refractivity contribution in [3.63, 3.8) is 0 Å². The average Bonchev–Trinajstić information content (AvgIpc) is 2.77. The van der Waals surface area contributed by atoms with Crippen molar-refractivity contribution in [3.8, 4) is 0 Å². The van der Waals surface area contributed by atoms with Crippen molar-refractivity contribution >= 4 is 16.5 Å². The lowest BCUT2D eigenvalue weighted by Gasteiger charge is -2.10. The highest BCUT2D eigenvalue weighted by molar-refractivity contribution is 5.99. The highest BCUT2D eigenvalue weighted by atomic mass is 16.4. The zero-order chi connectivity index (χ0) is 13.8. The van der Waals surface area contributed by atoms with Crippen LogP contribution in [0.4, 0.5) is 5.69 Å². The van der Waals surface area contributed by atoms with Crippen molar-refractivity contribution in [2.24, 2.45) is 0 Å². The number of aliphatic hydroxyl groups is 1. The number of unbranched alkanes of at least 4 members (excludes halogenated alkanes) is 1. The van der Waals surface area contributed by atoms with E-state index in [0.717, 1.165) is 41.6 Å². The largest absolute Gasteiger partial charge is 0.463 e. The van der Waals surface area contributed by atoms with Gasteiger partial charge in [-0.15, -0.1) is 0 Å². The van der Waals surface area contributed by atoms with Gasteiger partial charge in [-0.25, -0.2) is 0 Å². The lowest BCUT2D eigenvalue weighted by atomic mass is 10.0. The van der Waals surface area contributed by atoms with Crippen molar-refractivity contribution in [2.45, 2.75) is 46.6 Å². The van der Waals surface area contributed by atoms with Gasteiger partial charge in [0.25, 0.3) is 0 Å². The number of aryl methyl sites for hydroxylation is 2. The van der Waals surface area contributed by atoms with E-state index in [1.54, 1.807) is 0 Å². The van der Waals surface area contributed by atoms with Crippen LogP contribution in [0.5, 0.6) is 0 Å². The van der Waals surface area contributed by atoms with E-state index in [-0.39, 0.29) is 6.61 Å². The summed E-state index contributed by atoms with van der Waals surface area (Å²) in [5.74, 6) is 1.57. The molecule has 3 nitrogen and oxygen atoms in total. The van der Waals surface area contributed by atoms with Gasteiger partial charge in [-0.2, -0.15) is 0 Å². The first kappa shape index (κ1) is 13.9. The van der Waals surface area contributed by atoms with Crippen LogP contribution in [0, 0.1) is 6.92 Å². The molecule has 1 heterocycles. The van der Waals surface area contributed by atoms with Crippen LogP contribution in [0.2, 0.25) is 0 Å². The molecule has 0 atom stereocenters. The van der Waals surface area contributed by atoms with Gasteiger partial charge in [0, 0.05) is 23.0 Å². The molecule has 0 unspecified atom stereocenters. The third-order valence-electron chi connectivity index (χ3n) is 3.57. The smallest absolute Gasteiger partial charge is 0.137 e. The summed E-state index contributed by atoms with van der Waals surface area (Å²) in [6.45, 7) is 7.20. The third kappa shape index (κ3) is 2.61. The topological polar surface area (TPSA) is 45.4 Å². The van der Waals surface area contributed by atoms with Gasteiger partial charge in [-0.1, -0.05) is 26.3 Å². The summed E-state index contributed by atoms with van der Waals surface area (Å²) >= 11 is 0. The number of aliphatic hydroxyl groups excluding tert-OH is 1. The van der Waals surface area contributed by atoms with Crippen molar-refractivity contribution in [2.75, 3.05) is 11.9 Å². The Morgan fingerprint density at radius 1 is 1.21 bits per heavy atom. The molecule has 3 heteroatoms. The van der Waals surface area contributed by atoms with Crippen molar-refractivity contribution in [1.29, 1.82) is 0 Å². The fraction of sp³-hybridized carbons (Fsp3) is 0.500. The first-order valence-corrected chi connectivity index (χ1v) is 7.11. The van der Waals surface area contributed by atoms with E-state index < -0.39 is 0 Å². The fourth-order valence-corrected chi connectivity index (χ4v) is 2.57. The predicted octanol–water partition coefficient (Wildman–Crippen LogP) is 4.01. The molecule has 0 aliphatic rings. The first-order valence-electron chi connectivity index (χ1n) is 7.11. The molecule has 2 aromatic rings. The highest BCUT2D eigenvalue weighted by Crippen LogP contribution is 2.35. The lowest BCUT2D eigenvalue weighted by Crippen LogP contribution is -2.02. The molecule has 1 aromatic heterocycles. The Morgan fingerprint density at radius 2 is 2.00 bits per heavy atom. The molecule has 2 N–H and O–H groups in total. The Hall–Kier alpha value is -1.48. The second-order valence-electron chi connectivity index (χ2n) is 4.90. The summed E-state index contributed by atoms with van der Waals surface area (Å²) in [7, 11) is 0. The molecule has 0 saturated heterocycles. The van der Waals surface area contributed by atoms with E-state index >= 15 is 0 Å². The van der Waals surface area contributed by atoms with Crippen LogP contribution in [0.3, 0.4) is 0 Å². The molecule has 0 aliphatic heterocycles. The summed E-state index contributed by atoms with van der Waals surface area (Å²) in [5.41, 5.74) is 2.35. The van der Waals surface area contributed by atoms with Crippen LogP contribution < -0.4 is 5.32 Å². The summed E-state index contributed by atoms with van der Waals surface area (Å²) in [4.78, 5) is 0. The van der Waals surface area contributed by atoms with Crippen LogP contribution in [0.15, 0.2) is 16.5 Å². The predicted molar refractivity (Wildman–Crippen MR) is 79.6 cm³/mol. The van der Waals surface area contributed by atoms with E-state index in [0.29, 0.717) is 5.76 Å². The minimum Gasteiger partial charge on any atom is -0.463 e. The van der Waals surface area contributed by atoms with Gasteiger partial charge in [-0.3, -0.25) is 0 Å². The number of furan rings is 1. The molecular formula is C16H23NO2. The standard InChI is InChI=1S/C16H23NO2/c1-4-6-9-17-13-8-7-12(5-2)16-14(10-18)19-11(3)15(13)16/h7-8,17-18H,4-6,9-10H2,1-3H3. The Balaban J connectivity index is 2.51. The van der Waals surface area contributed by atoms with Crippen LogP contribution >= 0.6 is 0 Å². The van der Waals surface area contributed by atoms with Crippen LogP contribution in [-0.2, 0) is 13.0 Å². The van der Waals surface area contributed by atoms with E-state index in [2.05, 4.69) is 31.3 Å². The normalized spacial score (nSPS) is 11.2. The summed E-state index contributed by atoms with van der Waals surface area (Å²) in [5, 5.41) is 15.1. The zero-order valence-corrected chi connectivity index (χ0v) is 12.0. The molecule has 0 radical (unpaired) electrons. The molecule has 0 bridgehead atoms. The van der Waals surface area contributed by atoms with Crippen molar-refractivity contribution < 1.29 is 9.52 Å². The molecule has 0 fully saturated rings. The van der Waals surface area contributed by atoms with Gasteiger partial charge in [0.2, 0.25) is 0 Å². The number of fused-ring (bicyclic) bond motifs is 1. The molecule has 19 heavy (non-hydrogen) atoms. The number of nitrogens with one attached hydrogen (secondary N) is 1. The maximum Gasteiger partial charge on any atom is 0.137 e. The minimum absolute atomic E-state index is 0.0459. The molecule has 2 rings (SSSR count). The maximum atomic E-state index is 9.46. The Bertz CT molecular complexity index is 557. The SMILES string of the molecule is CCCCNc1ccc(CC)c2c(CO)oc(C)c12. The molecule has 0 spiro atoms. The van der Waals surface area contributed by atoms with Crippen molar-refractivity contribution in [3.05, 3.63) is 29.2 Å². The number of hydrogen-bond acceptors (Lipinski definition) is 3. The number of benzene rings is 1. The van der Waals surface area contributed by atoms with Crippen LogP contribution in [0.25, 0.3) is 10.8 Å². The minimum atomic E-state index is -0.0459. The van der Waals surface area contributed by atoms with Gasteiger partial charge in [0.05, 0.1) is 0 Å². The zero-order valence-electron chi connectivity index (χ0n) is 12.0. The van der Waals surface area contributed by atoms with Crippen LogP contribution in [0.1, 0.15) is 43.8 Å². The molecular weight excluding hydrogens is 238 g/mol. The van der Waals surface area contributed by atoms with Crippen molar-refractivity contribution in [1.82, 2.24) is 0 Å². The van der Waals surface area contributed by atoms with Gasteiger partial charge >= 0.3 is 0 Å². The van der Waals surface area contributed by atoms with E-state index in [9.17, 15) is 5.11 Å². The molecule has 0 saturated carbocycles. The Labute approximate surface area is 114 Å². The van der Waals surface area contributed by atoms with Gasteiger partial charge in [0.1, 0.15) is 18.1 Å². The second-order valence-corrected chi connectivity index (χ2v) is 4.90. The van der Waals surface area contributed by atoms with Gasteiger partial charge < -0.3 is 14.8 Å². The Kier molecular flexibility index (Phi) is 4.48. The number of anilines is 1. The second kappa shape index (κ2) is 6.11. The highest BCUT2D eigenvalue weighted by Gasteiger charge is 2.16. The first-order chi connectivity index (χ1) is 9.22. The average molecular weight is 261 g/mol. The number of hydrogen-bond donors (Lipinski definition) is 2. The molecule has 0 aliphatic carbocycles. The monoisotopic (exact) mass is 261 g/mol. The lowest BCUT2D eigenvalue weighted by molar-refractivity contribution is 0.247. The van der Waals surface area contributed by atoms with Gasteiger partial charge in [0.15, 0.2) is 0 Å². The third-order valence-corrected chi connectivity index (χ3v) is 3.57. The number of rotatable bonds is 6. The van der Waals surface area contributed by atoms with E-state index in [1.807, 2.05) is 6.92 Å². The summed E-state index contributed by atoms with van der Waals surface area (Å²) in [6, 6.07) is 4.26. The molecule has 1 aromatic carbocycles. The van der Waals surface area contributed by atoms with Gasteiger partial charge in [-0.05, 0) is 31.4 Å². The molecule has 0 amide bonds. The van der Waals surface area contributed by atoms with E-state index in [1.165, 1.54) is 12.0 Å². The maximum absolute atomic E-state index is 9.46. The fourth-order valence-electron chi connectivity index (χ4n) is 2.57.